The Balaban J connectivity index is 1.50. The molecule has 2 fully saturated rings. The Morgan fingerprint density at radius 3 is 2.85 bits per heavy atom. The normalized spacial score (nSPS) is 33.5. The maximum atomic E-state index is 10.6. The number of hydrogen-bond donors (Lipinski definition) is 4. The molecule has 0 aliphatic carbocycles. The number of aromatic nitrogens is 2. The molecule has 26 heavy (non-hydrogen) atoms. The number of aryl methyl sites for hydroxylation is 1. The highest BCUT2D eigenvalue weighted by atomic mass is 32.1. The van der Waals surface area contributed by atoms with Gasteiger partial charge in [-0.25, -0.2) is 4.98 Å². The summed E-state index contributed by atoms with van der Waals surface area (Å²) >= 11 is 1.18. The van der Waals surface area contributed by atoms with Gasteiger partial charge in [-0.05, 0) is 14.0 Å². The van der Waals surface area contributed by atoms with Crippen molar-refractivity contribution in [3.05, 3.63) is 5.82 Å². The number of fused-ring (bicyclic) bond motifs is 2. The Bertz CT molecular complexity index is 578. The van der Waals surface area contributed by atoms with Crippen molar-refractivity contribution in [2.24, 2.45) is 0 Å². The van der Waals surface area contributed by atoms with Crippen molar-refractivity contribution in [3.8, 4) is 0 Å². The van der Waals surface area contributed by atoms with E-state index in [4.69, 9.17) is 18.9 Å². The lowest BCUT2D eigenvalue weighted by molar-refractivity contribution is -0.230. The standard InChI is InChI=1S/C15H26N4O6S/c1-9-17-14(26-19-9)18-10-11(20)12(21)15(8-24-13(10)25-15)7-23-6-5-22-4-3-16-2/h10-13,16,20-21H,3-8H2,1-2H3,(H,17,18,19)/t10-,11-,12-,13+,15+/m1/s1. The zero-order valence-electron chi connectivity index (χ0n) is 14.9. The van der Waals surface area contributed by atoms with Gasteiger partial charge in [0.2, 0.25) is 5.13 Å². The van der Waals surface area contributed by atoms with E-state index < -0.39 is 30.1 Å². The number of aliphatic hydroxyl groups excluding tert-OH is 2. The van der Waals surface area contributed by atoms with E-state index in [1.165, 1.54) is 11.5 Å². The van der Waals surface area contributed by atoms with Gasteiger partial charge in [-0.1, -0.05) is 0 Å². The third-order valence-corrected chi connectivity index (χ3v) is 5.14. The molecular weight excluding hydrogens is 364 g/mol. The van der Waals surface area contributed by atoms with Gasteiger partial charge in [0.25, 0.3) is 0 Å². The van der Waals surface area contributed by atoms with E-state index in [2.05, 4.69) is 20.0 Å². The maximum Gasteiger partial charge on any atom is 0.203 e. The van der Waals surface area contributed by atoms with Crippen LogP contribution >= 0.6 is 11.5 Å². The van der Waals surface area contributed by atoms with Crippen LogP contribution in [0, 0.1) is 6.92 Å². The zero-order valence-corrected chi connectivity index (χ0v) is 15.7. The molecule has 2 bridgehead atoms. The van der Waals surface area contributed by atoms with Crippen LogP contribution in [0.25, 0.3) is 0 Å². The molecule has 4 N–H and O–H groups in total. The molecule has 2 aliphatic rings. The van der Waals surface area contributed by atoms with Crippen molar-refractivity contribution in [2.45, 2.75) is 37.1 Å². The van der Waals surface area contributed by atoms with Gasteiger partial charge in [0, 0.05) is 18.1 Å². The van der Waals surface area contributed by atoms with Crippen LogP contribution in [0.2, 0.25) is 0 Å². The summed E-state index contributed by atoms with van der Waals surface area (Å²) in [5.74, 6) is 0.635. The van der Waals surface area contributed by atoms with Crippen LogP contribution in [-0.4, -0.2) is 96.3 Å². The first-order chi connectivity index (χ1) is 12.6. The van der Waals surface area contributed by atoms with Gasteiger partial charge >= 0.3 is 0 Å². The number of rotatable bonds is 10. The van der Waals surface area contributed by atoms with Crippen molar-refractivity contribution in [1.29, 1.82) is 0 Å². The molecule has 0 saturated carbocycles. The highest BCUT2D eigenvalue weighted by Gasteiger charge is 2.59. The molecular formula is C15H26N4O6S. The van der Waals surface area contributed by atoms with Crippen LogP contribution in [0.15, 0.2) is 0 Å². The predicted molar refractivity (Wildman–Crippen MR) is 93.2 cm³/mol. The number of likely N-dealkylation sites (N-methyl/N-ethyl adjacent to an activating group) is 1. The summed E-state index contributed by atoms with van der Waals surface area (Å²) < 4.78 is 26.6. The Labute approximate surface area is 156 Å². The summed E-state index contributed by atoms with van der Waals surface area (Å²) in [5, 5.41) is 27.7. The van der Waals surface area contributed by atoms with Crippen LogP contribution in [0.1, 0.15) is 5.82 Å². The average Bonchev–Trinajstić information content (AvgIpc) is 3.22. The molecule has 0 unspecified atom stereocenters. The number of hydrogen-bond acceptors (Lipinski definition) is 11. The Morgan fingerprint density at radius 1 is 1.31 bits per heavy atom. The number of nitrogens with zero attached hydrogens (tertiary/aromatic N) is 2. The van der Waals surface area contributed by atoms with Gasteiger partial charge in [-0.2, -0.15) is 4.37 Å². The van der Waals surface area contributed by atoms with Crippen LogP contribution in [0.3, 0.4) is 0 Å². The largest absolute Gasteiger partial charge is 0.388 e. The molecule has 0 aromatic carbocycles. The zero-order chi connectivity index (χ0) is 18.6. The Kier molecular flexibility index (Phi) is 6.75. The van der Waals surface area contributed by atoms with Gasteiger partial charge < -0.3 is 39.8 Å². The lowest BCUT2D eigenvalue weighted by atomic mass is 9.88. The molecule has 5 atom stereocenters. The first kappa shape index (κ1) is 19.8. The minimum atomic E-state index is -1.15. The molecule has 2 saturated heterocycles. The van der Waals surface area contributed by atoms with Crippen LogP contribution in [0.5, 0.6) is 0 Å². The summed E-state index contributed by atoms with van der Waals surface area (Å²) in [6, 6.07) is -0.641. The fourth-order valence-corrected chi connectivity index (χ4v) is 3.60. The Morgan fingerprint density at radius 2 is 2.12 bits per heavy atom. The summed E-state index contributed by atoms with van der Waals surface area (Å²) in [7, 11) is 1.86. The summed E-state index contributed by atoms with van der Waals surface area (Å²) in [6.07, 6.45) is -2.94. The number of nitrogens with one attached hydrogen (secondary N) is 2. The van der Waals surface area contributed by atoms with E-state index in [-0.39, 0.29) is 13.2 Å². The van der Waals surface area contributed by atoms with E-state index in [0.29, 0.717) is 30.8 Å². The van der Waals surface area contributed by atoms with Crippen LogP contribution < -0.4 is 10.6 Å². The van der Waals surface area contributed by atoms with E-state index in [1.54, 1.807) is 6.92 Å². The average molecular weight is 390 g/mol. The number of anilines is 1. The van der Waals surface area contributed by atoms with Crippen molar-refractivity contribution >= 4 is 16.7 Å². The predicted octanol–water partition coefficient (Wildman–Crippen LogP) is -1.27. The second-order valence-electron chi connectivity index (χ2n) is 6.38. The molecule has 10 nitrogen and oxygen atoms in total. The minimum absolute atomic E-state index is 0.113. The third kappa shape index (κ3) is 4.31. The first-order valence-electron chi connectivity index (χ1n) is 8.58. The van der Waals surface area contributed by atoms with Crippen LogP contribution in [0.4, 0.5) is 5.13 Å². The third-order valence-electron chi connectivity index (χ3n) is 4.40. The Hall–Kier alpha value is -0.920. The molecule has 1 aromatic heterocycles. The fourth-order valence-electron chi connectivity index (χ4n) is 2.98. The summed E-state index contributed by atoms with van der Waals surface area (Å²) in [6.45, 7) is 4.23. The molecule has 11 heteroatoms. The SMILES string of the molecule is CNCCOCCOC[C@@]12CO[C@@H](O1)[C@H](Nc1nc(C)ns1)[C@@H](O)[C@H]2O. The molecule has 2 aliphatic heterocycles. The lowest BCUT2D eigenvalue weighted by Crippen LogP contribution is -2.64. The fraction of sp³-hybridized carbons (Fsp3) is 0.867. The molecule has 0 spiro atoms. The summed E-state index contributed by atoms with van der Waals surface area (Å²) in [5.41, 5.74) is -1.08. The maximum absolute atomic E-state index is 10.6. The van der Waals surface area contributed by atoms with Gasteiger partial charge in [-0.15, -0.1) is 0 Å². The number of ether oxygens (including phenoxy) is 4. The van der Waals surface area contributed by atoms with E-state index >= 15 is 0 Å². The summed E-state index contributed by atoms with van der Waals surface area (Å²) in [4.78, 5) is 4.20. The quantitative estimate of drug-likeness (QED) is 0.359. The smallest absolute Gasteiger partial charge is 0.203 e. The highest BCUT2D eigenvalue weighted by molar-refractivity contribution is 7.09. The van der Waals surface area contributed by atoms with E-state index in [0.717, 1.165) is 6.54 Å². The molecule has 1 aromatic rings. The molecule has 148 valence electrons. The van der Waals surface area contributed by atoms with E-state index in [1.807, 2.05) is 7.05 Å². The second kappa shape index (κ2) is 8.85. The highest BCUT2D eigenvalue weighted by Crippen LogP contribution is 2.38. The molecule has 3 heterocycles. The molecule has 0 radical (unpaired) electrons. The topological polar surface area (TPSA) is 127 Å². The molecule has 3 rings (SSSR count). The monoisotopic (exact) mass is 390 g/mol. The lowest BCUT2D eigenvalue weighted by Gasteiger charge is -2.42. The van der Waals surface area contributed by atoms with Crippen LogP contribution in [-0.2, 0) is 18.9 Å². The van der Waals surface area contributed by atoms with Gasteiger partial charge in [0.15, 0.2) is 6.29 Å². The van der Waals surface area contributed by atoms with Gasteiger partial charge in [-0.3, -0.25) is 0 Å². The van der Waals surface area contributed by atoms with Gasteiger partial charge in [0.05, 0.1) is 33.0 Å². The van der Waals surface area contributed by atoms with E-state index in [9.17, 15) is 10.2 Å². The van der Waals surface area contributed by atoms with Crippen molar-refractivity contribution in [1.82, 2.24) is 14.7 Å². The number of aliphatic hydroxyl groups is 2. The van der Waals surface area contributed by atoms with Crippen molar-refractivity contribution in [3.63, 3.8) is 0 Å². The van der Waals surface area contributed by atoms with Crippen molar-refractivity contribution in [2.75, 3.05) is 51.9 Å². The first-order valence-corrected chi connectivity index (χ1v) is 9.35. The molecule has 0 amide bonds. The van der Waals surface area contributed by atoms with Crippen molar-refractivity contribution < 1.29 is 29.2 Å². The van der Waals surface area contributed by atoms with Gasteiger partial charge in [0.1, 0.15) is 29.7 Å². The minimum Gasteiger partial charge on any atom is -0.388 e. The second-order valence-corrected chi connectivity index (χ2v) is 7.13.